The molecule has 7 nitrogen and oxygen atoms in total. The number of cyclic esters (lactones) is 1. The van der Waals surface area contributed by atoms with E-state index in [1.807, 2.05) is 4.90 Å². The molecule has 2 fully saturated rings. The smallest absolute Gasteiger partial charge is 0.414 e. The molecule has 0 saturated carbocycles. The average Bonchev–Trinajstić information content (AvgIpc) is 2.78. The second-order valence-corrected chi connectivity index (χ2v) is 5.57. The zero-order valence-corrected chi connectivity index (χ0v) is 12.6. The third kappa shape index (κ3) is 3.21. The molecule has 0 bridgehead atoms. The lowest BCUT2D eigenvalue weighted by Gasteiger charge is -2.23. The number of anilines is 2. The molecule has 8 heteroatoms. The van der Waals surface area contributed by atoms with Gasteiger partial charge in [0.15, 0.2) is 0 Å². The predicted octanol–water partition coefficient (Wildman–Crippen LogP) is 0.436. The standard InChI is InChI=1S/C15H19FN4O3/c16-12-7-10(20-9-11(8-17)23-15(20)22)1-2-13(12)19-5-3-14(21)18-4-6-19/h1-2,7,11H,3-6,8-9,17H2,(H,18,21). The summed E-state index contributed by atoms with van der Waals surface area (Å²) in [6.07, 6.45) is -0.553. The van der Waals surface area contributed by atoms with Crippen LogP contribution in [0.1, 0.15) is 6.42 Å². The molecule has 3 N–H and O–H groups in total. The summed E-state index contributed by atoms with van der Waals surface area (Å²) in [5.74, 6) is -0.460. The molecule has 0 aliphatic carbocycles. The number of nitrogens with zero attached hydrogens (tertiary/aromatic N) is 2. The van der Waals surface area contributed by atoms with Crippen LogP contribution >= 0.6 is 0 Å². The molecule has 124 valence electrons. The normalized spacial score (nSPS) is 21.9. The second-order valence-electron chi connectivity index (χ2n) is 5.57. The summed E-state index contributed by atoms with van der Waals surface area (Å²) >= 11 is 0. The van der Waals surface area contributed by atoms with Gasteiger partial charge < -0.3 is 20.7 Å². The fourth-order valence-corrected chi connectivity index (χ4v) is 2.78. The largest absolute Gasteiger partial charge is 0.443 e. The fraction of sp³-hybridized carbons (Fsp3) is 0.467. The van der Waals surface area contributed by atoms with Crippen LogP contribution in [0.15, 0.2) is 18.2 Å². The van der Waals surface area contributed by atoms with E-state index in [4.69, 9.17) is 10.5 Å². The fourth-order valence-electron chi connectivity index (χ4n) is 2.78. The summed E-state index contributed by atoms with van der Waals surface area (Å²) in [7, 11) is 0. The quantitative estimate of drug-likeness (QED) is 0.843. The highest BCUT2D eigenvalue weighted by Crippen LogP contribution is 2.28. The Bertz CT molecular complexity index is 625. The molecular weight excluding hydrogens is 303 g/mol. The first-order valence-electron chi connectivity index (χ1n) is 7.58. The van der Waals surface area contributed by atoms with Gasteiger partial charge in [-0.25, -0.2) is 9.18 Å². The molecule has 23 heavy (non-hydrogen) atoms. The maximum absolute atomic E-state index is 14.5. The molecule has 2 aliphatic heterocycles. The lowest BCUT2D eigenvalue weighted by Crippen LogP contribution is -2.29. The molecule has 2 saturated heterocycles. The van der Waals surface area contributed by atoms with Gasteiger partial charge in [0.1, 0.15) is 11.9 Å². The molecule has 1 aromatic carbocycles. The first-order chi connectivity index (χ1) is 11.1. The molecule has 1 aromatic rings. The number of hydrogen-bond donors (Lipinski definition) is 2. The van der Waals surface area contributed by atoms with Gasteiger partial charge in [0.25, 0.3) is 0 Å². The molecule has 2 amide bonds. The van der Waals surface area contributed by atoms with Crippen molar-refractivity contribution in [3.8, 4) is 0 Å². The van der Waals surface area contributed by atoms with E-state index in [1.165, 1.54) is 11.0 Å². The summed E-state index contributed by atoms with van der Waals surface area (Å²) in [6.45, 7) is 2.04. The summed E-state index contributed by atoms with van der Waals surface area (Å²) in [6, 6.07) is 4.62. The van der Waals surface area contributed by atoms with Crippen LogP contribution in [0.25, 0.3) is 0 Å². The van der Waals surface area contributed by atoms with Gasteiger partial charge in [0.2, 0.25) is 5.91 Å². The van der Waals surface area contributed by atoms with Gasteiger partial charge >= 0.3 is 6.09 Å². The van der Waals surface area contributed by atoms with Gasteiger partial charge in [0, 0.05) is 32.6 Å². The van der Waals surface area contributed by atoms with E-state index < -0.39 is 11.9 Å². The van der Waals surface area contributed by atoms with Crippen molar-refractivity contribution in [2.75, 3.05) is 42.5 Å². The highest BCUT2D eigenvalue weighted by molar-refractivity contribution is 5.90. The molecule has 2 heterocycles. The Morgan fingerprint density at radius 3 is 2.87 bits per heavy atom. The van der Waals surface area contributed by atoms with Crippen LogP contribution in [0.2, 0.25) is 0 Å². The number of nitrogens with one attached hydrogen (secondary N) is 1. The Balaban J connectivity index is 1.78. The van der Waals surface area contributed by atoms with E-state index in [0.29, 0.717) is 44.0 Å². The molecule has 0 radical (unpaired) electrons. The Hall–Kier alpha value is -2.35. The lowest BCUT2D eigenvalue weighted by molar-refractivity contribution is -0.120. The summed E-state index contributed by atoms with van der Waals surface area (Å²) < 4.78 is 19.5. The van der Waals surface area contributed by atoms with Crippen molar-refractivity contribution in [1.82, 2.24) is 5.32 Å². The van der Waals surface area contributed by atoms with Gasteiger partial charge in [-0.1, -0.05) is 0 Å². The van der Waals surface area contributed by atoms with Crippen LogP contribution in [0.3, 0.4) is 0 Å². The van der Waals surface area contributed by atoms with Crippen LogP contribution < -0.4 is 20.9 Å². The number of carbonyl (C=O) groups excluding carboxylic acids is 2. The first-order valence-corrected chi connectivity index (χ1v) is 7.58. The maximum atomic E-state index is 14.5. The van der Waals surface area contributed by atoms with Crippen molar-refractivity contribution >= 4 is 23.4 Å². The Morgan fingerprint density at radius 1 is 1.35 bits per heavy atom. The van der Waals surface area contributed by atoms with Crippen LogP contribution in [0, 0.1) is 5.82 Å². The number of carbonyl (C=O) groups is 2. The maximum Gasteiger partial charge on any atom is 0.414 e. The van der Waals surface area contributed by atoms with Gasteiger partial charge in [-0.3, -0.25) is 9.69 Å². The number of benzene rings is 1. The van der Waals surface area contributed by atoms with Crippen molar-refractivity contribution in [1.29, 1.82) is 0 Å². The average molecular weight is 322 g/mol. The number of ether oxygens (including phenoxy) is 1. The molecule has 1 unspecified atom stereocenters. The number of nitrogens with two attached hydrogens (primary N) is 1. The minimum Gasteiger partial charge on any atom is -0.443 e. The van der Waals surface area contributed by atoms with Crippen LogP contribution in [0.5, 0.6) is 0 Å². The van der Waals surface area contributed by atoms with Crippen molar-refractivity contribution in [2.45, 2.75) is 12.5 Å². The molecule has 3 rings (SSSR count). The summed E-state index contributed by atoms with van der Waals surface area (Å²) in [4.78, 5) is 26.4. The SMILES string of the molecule is NCC1CN(c2ccc(N3CCNC(=O)CC3)c(F)c2)C(=O)O1. The third-order valence-electron chi connectivity index (χ3n) is 4.03. The summed E-state index contributed by atoms with van der Waals surface area (Å²) in [5.41, 5.74) is 6.36. The van der Waals surface area contributed by atoms with Crippen LogP contribution in [-0.4, -0.2) is 50.8 Å². The molecular formula is C15H19FN4O3. The first kappa shape index (κ1) is 15.5. The van der Waals surface area contributed by atoms with E-state index in [9.17, 15) is 14.0 Å². The van der Waals surface area contributed by atoms with E-state index in [0.717, 1.165) is 0 Å². The van der Waals surface area contributed by atoms with Crippen molar-refractivity contribution < 1.29 is 18.7 Å². The van der Waals surface area contributed by atoms with Crippen molar-refractivity contribution in [2.24, 2.45) is 5.73 Å². The summed E-state index contributed by atoms with van der Waals surface area (Å²) in [5, 5.41) is 2.75. The number of amides is 2. The Morgan fingerprint density at radius 2 is 2.17 bits per heavy atom. The molecule has 0 aromatic heterocycles. The van der Waals surface area contributed by atoms with E-state index in [1.54, 1.807) is 12.1 Å². The van der Waals surface area contributed by atoms with Crippen LogP contribution in [-0.2, 0) is 9.53 Å². The minimum absolute atomic E-state index is 0.0304. The molecule has 2 aliphatic rings. The van der Waals surface area contributed by atoms with E-state index >= 15 is 0 Å². The number of halogens is 1. The Kier molecular flexibility index (Phi) is 4.33. The molecule has 1 atom stereocenters. The van der Waals surface area contributed by atoms with Crippen LogP contribution in [0.4, 0.5) is 20.6 Å². The zero-order valence-electron chi connectivity index (χ0n) is 12.6. The predicted molar refractivity (Wildman–Crippen MR) is 82.9 cm³/mol. The van der Waals surface area contributed by atoms with Gasteiger partial charge in [0.05, 0.1) is 17.9 Å². The van der Waals surface area contributed by atoms with E-state index in [-0.39, 0.29) is 18.6 Å². The van der Waals surface area contributed by atoms with Gasteiger partial charge in [-0.2, -0.15) is 0 Å². The van der Waals surface area contributed by atoms with Gasteiger partial charge in [-0.05, 0) is 18.2 Å². The topological polar surface area (TPSA) is 87.9 Å². The van der Waals surface area contributed by atoms with Crippen molar-refractivity contribution in [3.63, 3.8) is 0 Å². The minimum atomic E-state index is -0.517. The highest BCUT2D eigenvalue weighted by Gasteiger charge is 2.32. The van der Waals surface area contributed by atoms with Gasteiger partial charge in [-0.15, -0.1) is 0 Å². The van der Waals surface area contributed by atoms with Crippen molar-refractivity contribution in [3.05, 3.63) is 24.0 Å². The Labute approximate surface area is 133 Å². The number of hydrogen-bond acceptors (Lipinski definition) is 5. The highest BCUT2D eigenvalue weighted by atomic mass is 19.1. The van der Waals surface area contributed by atoms with E-state index in [2.05, 4.69) is 5.32 Å². The number of rotatable bonds is 3. The zero-order chi connectivity index (χ0) is 16.4. The molecule has 0 spiro atoms. The monoisotopic (exact) mass is 322 g/mol. The lowest BCUT2D eigenvalue weighted by atomic mass is 10.2. The second kappa shape index (κ2) is 6.41. The third-order valence-corrected chi connectivity index (χ3v) is 4.03.